The summed E-state index contributed by atoms with van der Waals surface area (Å²) < 4.78 is 2.25. The second-order valence-electron chi connectivity index (χ2n) is 5.16. The predicted molar refractivity (Wildman–Crippen MR) is 102 cm³/mol. The Bertz CT molecular complexity index is 1140. The van der Waals surface area contributed by atoms with Gasteiger partial charge in [-0.15, -0.1) is 6.42 Å². The second kappa shape index (κ2) is 7.30. The van der Waals surface area contributed by atoms with Gasteiger partial charge in [0.2, 0.25) is 0 Å². The van der Waals surface area contributed by atoms with Crippen molar-refractivity contribution in [1.29, 1.82) is 0 Å². The van der Waals surface area contributed by atoms with E-state index in [2.05, 4.69) is 10.9 Å². The van der Waals surface area contributed by atoms with Crippen LogP contribution in [0.1, 0.15) is 10.4 Å². The average molecular weight is 406 g/mol. The van der Waals surface area contributed by atoms with E-state index in [4.69, 9.17) is 29.6 Å². The fourth-order valence-electron chi connectivity index (χ4n) is 2.33. The molecular formula is C17H9Cl2N3O3S. The molecule has 0 aliphatic carbocycles. The molecule has 9 heteroatoms. The number of carbonyl (C=O) groups is 1. The molecule has 0 bridgehead atoms. The third-order valence-electron chi connectivity index (χ3n) is 3.43. The minimum Gasteiger partial charge on any atom is -0.305 e. The van der Waals surface area contributed by atoms with Gasteiger partial charge in [-0.25, -0.2) is 0 Å². The van der Waals surface area contributed by atoms with Crippen LogP contribution in [-0.4, -0.2) is 15.4 Å². The summed E-state index contributed by atoms with van der Waals surface area (Å²) in [4.78, 5) is 27.4. The summed E-state index contributed by atoms with van der Waals surface area (Å²) in [5, 5.41) is 11.6. The van der Waals surface area contributed by atoms with E-state index in [0.717, 1.165) is 11.3 Å². The largest absolute Gasteiger partial charge is 0.305 e. The van der Waals surface area contributed by atoms with Crippen LogP contribution < -0.4 is 4.80 Å². The number of hydrogen-bond acceptors (Lipinski definition) is 4. The quantitative estimate of drug-likeness (QED) is 0.370. The second-order valence-corrected chi connectivity index (χ2v) is 7.04. The number of nitro groups is 1. The van der Waals surface area contributed by atoms with Gasteiger partial charge in [-0.3, -0.25) is 14.9 Å². The van der Waals surface area contributed by atoms with Crippen LogP contribution in [0.4, 0.5) is 5.69 Å². The fourth-order valence-corrected chi connectivity index (χ4v) is 3.92. The van der Waals surface area contributed by atoms with Gasteiger partial charge in [-0.1, -0.05) is 40.5 Å². The molecule has 0 N–H and O–H groups in total. The maximum Gasteiger partial charge on any atom is 0.279 e. The molecule has 3 aromatic rings. The molecule has 0 unspecified atom stereocenters. The lowest BCUT2D eigenvalue weighted by atomic mass is 10.2. The summed E-state index contributed by atoms with van der Waals surface area (Å²) in [5.41, 5.74) is 0.846. The van der Waals surface area contributed by atoms with Gasteiger partial charge in [0.05, 0.1) is 21.7 Å². The molecule has 130 valence electrons. The molecule has 2 aromatic carbocycles. The minimum atomic E-state index is -0.541. The molecule has 1 aromatic heterocycles. The number of non-ortho nitro benzene ring substituents is 1. The molecule has 0 atom stereocenters. The summed E-state index contributed by atoms with van der Waals surface area (Å²) in [6, 6.07) is 8.82. The Labute approximate surface area is 161 Å². The normalized spacial score (nSPS) is 11.5. The van der Waals surface area contributed by atoms with Gasteiger partial charge in [0.1, 0.15) is 0 Å². The lowest BCUT2D eigenvalue weighted by Gasteiger charge is -2.00. The van der Waals surface area contributed by atoms with Crippen molar-refractivity contribution in [1.82, 2.24) is 4.57 Å². The number of thiazole rings is 1. The molecule has 0 spiro atoms. The average Bonchev–Trinajstić information content (AvgIpc) is 2.91. The van der Waals surface area contributed by atoms with E-state index < -0.39 is 10.8 Å². The van der Waals surface area contributed by atoms with Gasteiger partial charge in [-0.2, -0.15) is 4.99 Å². The van der Waals surface area contributed by atoms with Crippen LogP contribution in [0, 0.1) is 22.5 Å². The number of fused-ring (bicyclic) bond motifs is 1. The molecule has 26 heavy (non-hydrogen) atoms. The van der Waals surface area contributed by atoms with Crippen LogP contribution in [0.3, 0.4) is 0 Å². The third kappa shape index (κ3) is 3.63. The van der Waals surface area contributed by atoms with Crippen molar-refractivity contribution in [2.45, 2.75) is 6.54 Å². The Balaban J connectivity index is 2.17. The molecular weight excluding hydrogens is 397 g/mol. The number of aromatic nitrogens is 1. The summed E-state index contributed by atoms with van der Waals surface area (Å²) in [6.07, 6.45) is 5.40. The number of rotatable bonds is 3. The number of nitro benzene ring substituents is 1. The first kappa shape index (κ1) is 18.1. The monoisotopic (exact) mass is 405 g/mol. The first-order chi connectivity index (χ1) is 12.4. The summed E-state index contributed by atoms with van der Waals surface area (Å²) >= 11 is 13.0. The van der Waals surface area contributed by atoms with Crippen LogP contribution in [-0.2, 0) is 6.54 Å². The minimum absolute atomic E-state index is 0.0499. The molecule has 0 aliphatic rings. The highest BCUT2D eigenvalue weighted by Gasteiger charge is 2.13. The first-order valence-electron chi connectivity index (χ1n) is 7.15. The molecule has 0 fully saturated rings. The third-order valence-corrected chi connectivity index (χ3v) is 4.91. The van der Waals surface area contributed by atoms with Crippen molar-refractivity contribution in [3.8, 4) is 12.3 Å². The summed E-state index contributed by atoms with van der Waals surface area (Å²) in [6.45, 7) is 0.167. The number of hydrogen-bond donors (Lipinski definition) is 0. The van der Waals surface area contributed by atoms with Crippen LogP contribution in [0.5, 0.6) is 0 Å². The number of benzene rings is 2. The SMILES string of the molecule is C#CCn1c(=NC(=O)c2cc(Cl)cc(Cl)c2)sc2cc([N+](=O)[O-])ccc21. The van der Waals surface area contributed by atoms with Gasteiger partial charge in [0.15, 0.2) is 4.80 Å². The van der Waals surface area contributed by atoms with E-state index in [9.17, 15) is 14.9 Å². The molecule has 0 saturated heterocycles. The Morgan fingerprint density at radius 1 is 1.27 bits per heavy atom. The number of halogens is 2. The van der Waals surface area contributed by atoms with E-state index in [1.165, 1.54) is 30.3 Å². The number of carbonyl (C=O) groups excluding carboxylic acids is 1. The van der Waals surface area contributed by atoms with Crippen LogP contribution in [0.2, 0.25) is 10.0 Å². The van der Waals surface area contributed by atoms with Gasteiger partial charge in [0, 0.05) is 27.7 Å². The molecule has 6 nitrogen and oxygen atoms in total. The molecule has 1 amide bonds. The van der Waals surface area contributed by atoms with Crippen LogP contribution >= 0.6 is 34.5 Å². The lowest BCUT2D eigenvalue weighted by molar-refractivity contribution is -0.384. The predicted octanol–water partition coefficient (Wildman–Crippen LogP) is 4.29. The van der Waals surface area contributed by atoms with E-state index >= 15 is 0 Å². The topological polar surface area (TPSA) is 77.5 Å². The fraction of sp³-hybridized carbons (Fsp3) is 0.0588. The lowest BCUT2D eigenvalue weighted by Crippen LogP contribution is -2.16. The van der Waals surface area contributed by atoms with Crippen molar-refractivity contribution in [3.63, 3.8) is 0 Å². The molecule has 1 heterocycles. The standard InChI is InChI=1S/C17H9Cl2N3O3S/c1-2-5-21-14-4-3-13(22(24)25)9-15(14)26-17(21)20-16(23)10-6-11(18)8-12(19)7-10/h1,3-4,6-9H,5H2. The molecule has 3 rings (SSSR count). The molecule has 0 aliphatic heterocycles. The van der Waals surface area contributed by atoms with E-state index in [-0.39, 0.29) is 17.8 Å². The molecule has 0 radical (unpaired) electrons. The zero-order valence-electron chi connectivity index (χ0n) is 13.0. The van der Waals surface area contributed by atoms with Gasteiger partial charge in [-0.05, 0) is 24.3 Å². The Morgan fingerprint density at radius 3 is 2.58 bits per heavy atom. The zero-order valence-corrected chi connectivity index (χ0v) is 15.3. The number of nitrogens with zero attached hydrogens (tertiary/aromatic N) is 3. The Kier molecular flexibility index (Phi) is 5.09. The van der Waals surface area contributed by atoms with Crippen molar-refractivity contribution in [3.05, 3.63) is 66.9 Å². The van der Waals surface area contributed by atoms with Gasteiger partial charge < -0.3 is 4.57 Å². The zero-order chi connectivity index (χ0) is 18.8. The molecule has 0 saturated carbocycles. The maximum absolute atomic E-state index is 12.5. The van der Waals surface area contributed by atoms with E-state index in [1.54, 1.807) is 10.6 Å². The van der Waals surface area contributed by atoms with Crippen molar-refractivity contribution in [2.75, 3.05) is 0 Å². The highest BCUT2D eigenvalue weighted by Crippen LogP contribution is 2.24. The maximum atomic E-state index is 12.5. The van der Waals surface area contributed by atoms with Gasteiger partial charge in [0.25, 0.3) is 11.6 Å². The highest BCUT2D eigenvalue weighted by molar-refractivity contribution is 7.16. The van der Waals surface area contributed by atoms with Crippen molar-refractivity contribution < 1.29 is 9.72 Å². The Morgan fingerprint density at radius 2 is 1.96 bits per heavy atom. The number of amides is 1. The van der Waals surface area contributed by atoms with Crippen molar-refractivity contribution >= 4 is 56.3 Å². The number of terminal acetylenes is 1. The highest BCUT2D eigenvalue weighted by atomic mass is 35.5. The van der Waals surface area contributed by atoms with Crippen molar-refractivity contribution in [2.24, 2.45) is 4.99 Å². The van der Waals surface area contributed by atoms with Crippen LogP contribution in [0.15, 0.2) is 41.4 Å². The summed E-state index contributed by atoms with van der Waals surface area (Å²) in [5.74, 6) is 1.95. The van der Waals surface area contributed by atoms with Gasteiger partial charge >= 0.3 is 0 Å². The summed E-state index contributed by atoms with van der Waals surface area (Å²) in [7, 11) is 0. The first-order valence-corrected chi connectivity index (χ1v) is 8.72. The smallest absolute Gasteiger partial charge is 0.279 e. The van der Waals surface area contributed by atoms with E-state index in [1.807, 2.05) is 0 Å². The van der Waals surface area contributed by atoms with Crippen LogP contribution in [0.25, 0.3) is 10.2 Å². The van der Waals surface area contributed by atoms with E-state index in [0.29, 0.717) is 25.1 Å². The Hall–Kier alpha value is -2.66.